The van der Waals surface area contributed by atoms with Crippen LogP contribution in [-0.2, 0) is 11.3 Å². The minimum atomic E-state index is -0.330. The zero-order valence-electron chi connectivity index (χ0n) is 17.4. The molecule has 0 saturated carbocycles. The highest BCUT2D eigenvalue weighted by atomic mass is 35.5. The molecule has 0 bridgehead atoms. The predicted molar refractivity (Wildman–Crippen MR) is 126 cm³/mol. The first-order chi connectivity index (χ1) is 15.1. The lowest BCUT2D eigenvalue weighted by Gasteiger charge is -2.11. The Hall–Kier alpha value is -2.67. The summed E-state index contributed by atoms with van der Waals surface area (Å²) in [7, 11) is 0. The lowest BCUT2D eigenvalue weighted by Crippen LogP contribution is -2.20. The summed E-state index contributed by atoms with van der Waals surface area (Å²) >= 11 is 7.63. The molecule has 3 aromatic carbocycles. The Kier molecular flexibility index (Phi) is 6.70. The Balaban J connectivity index is 1.88. The van der Waals surface area contributed by atoms with Crippen molar-refractivity contribution in [3.05, 3.63) is 70.0 Å². The summed E-state index contributed by atoms with van der Waals surface area (Å²) in [5.74, 6) is 0.211. The average molecular weight is 455 g/mol. The van der Waals surface area contributed by atoms with E-state index in [-0.39, 0.29) is 5.91 Å². The SMILES string of the molecule is CCOCCn1c(=NC(=O)c2c(OCC)ccc3ccccc23)sc2cc(Cl)ccc21. The molecular weight excluding hydrogens is 432 g/mol. The quantitative estimate of drug-likeness (QED) is 0.337. The van der Waals surface area contributed by atoms with Gasteiger partial charge in [0.2, 0.25) is 0 Å². The summed E-state index contributed by atoms with van der Waals surface area (Å²) in [5.41, 5.74) is 1.45. The fourth-order valence-electron chi connectivity index (χ4n) is 3.54. The van der Waals surface area contributed by atoms with Gasteiger partial charge in [-0.15, -0.1) is 0 Å². The second-order valence-electron chi connectivity index (χ2n) is 6.86. The van der Waals surface area contributed by atoms with E-state index in [2.05, 4.69) is 4.99 Å². The topological polar surface area (TPSA) is 52.8 Å². The number of amides is 1. The van der Waals surface area contributed by atoms with Crippen LogP contribution in [0.5, 0.6) is 5.75 Å². The van der Waals surface area contributed by atoms with Crippen LogP contribution in [-0.4, -0.2) is 30.3 Å². The molecular formula is C24H23ClN2O3S. The second-order valence-corrected chi connectivity index (χ2v) is 8.30. The number of hydrogen-bond donors (Lipinski definition) is 0. The van der Waals surface area contributed by atoms with Crippen molar-refractivity contribution < 1.29 is 14.3 Å². The first-order valence-electron chi connectivity index (χ1n) is 10.2. The molecule has 0 aliphatic heterocycles. The summed E-state index contributed by atoms with van der Waals surface area (Å²) in [5, 5.41) is 2.44. The predicted octanol–water partition coefficient (Wildman–Crippen LogP) is 5.69. The minimum Gasteiger partial charge on any atom is -0.493 e. The van der Waals surface area contributed by atoms with Crippen LogP contribution in [0.1, 0.15) is 24.2 Å². The lowest BCUT2D eigenvalue weighted by molar-refractivity contribution is 0.0994. The monoisotopic (exact) mass is 454 g/mol. The molecule has 4 rings (SSSR count). The van der Waals surface area contributed by atoms with Gasteiger partial charge in [-0.2, -0.15) is 4.99 Å². The molecule has 1 amide bonds. The number of ether oxygens (including phenoxy) is 2. The summed E-state index contributed by atoms with van der Waals surface area (Å²) in [6, 6.07) is 17.3. The molecule has 0 saturated heterocycles. The van der Waals surface area contributed by atoms with E-state index in [0.29, 0.717) is 47.5 Å². The van der Waals surface area contributed by atoms with Crippen LogP contribution in [0.2, 0.25) is 5.02 Å². The van der Waals surface area contributed by atoms with Crippen molar-refractivity contribution in [2.75, 3.05) is 19.8 Å². The molecule has 1 aromatic heterocycles. The van der Waals surface area contributed by atoms with Gasteiger partial charge in [0.05, 0.1) is 29.0 Å². The second kappa shape index (κ2) is 9.64. The number of rotatable bonds is 7. The number of carbonyl (C=O) groups is 1. The van der Waals surface area contributed by atoms with Gasteiger partial charge in [0.15, 0.2) is 4.80 Å². The largest absolute Gasteiger partial charge is 0.493 e. The highest BCUT2D eigenvalue weighted by Crippen LogP contribution is 2.29. The fourth-order valence-corrected chi connectivity index (χ4v) is 4.87. The van der Waals surface area contributed by atoms with Crippen molar-refractivity contribution >= 4 is 49.8 Å². The summed E-state index contributed by atoms with van der Waals surface area (Å²) in [6.45, 7) is 6.08. The van der Waals surface area contributed by atoms with Gasteiger partial charge < -0.3 is 14.0 Å². The standard InChI is InChI=1S/C24H23ClN2O3S/c1-3-29-14-13-27-19-11-10-17(25)15-21(19)31-24(27)26-23(28)22-18-8-6-5-7-16(18)9-12-20(22)30-4-2/h5-12,15H,3-4,13-14H2,1-2H3. The number of halogens is 1. The first kappa shape index (κ1) is 21.6. The van der Waals surface area contributed by atoms with Gasteiger partial charge in [-0.3, -0.25) is 4.79 Å². The third-order valence-electron chi connectivity index (χ3n) is 4.91. The van der Waals surface area contributed by atoms with E-state index in [9.17, 15) is 4.79 Å². The molecule has 5 nitrogen and oxygen atoms in total. The summed E-state index contributed by atoms with van der Waals surface area (Å²) < 4.78 is 14.3. The van der Waals surface area contributed by atoms with E-state index < -0.39 is 0 Å². The highest BCUT2D eigenvalue weighted by Gasteiger charge is 2.17. The Morgan fingerprint density at radius 3 is 2.74 bits per heavy atom. The Morgan fingerprint density at radius 1 is 1.10 bits per heavy atom. The Morgan fingerprint density at radius 2 is 1.94 bits per heavy atom. The molecule has 0 aliphatic carbocycles. The maximum atomic E-state index is 13.4. The Bertz CT molecular complexity index is 1310. The van der Waals surface area contributed by atoms with Crippen LogP contribution < -0.4 is 9.54 Å². The van der Waals surface area contributed by atoms with Crippen LogP contribution >= 0.6 is 22.9 Å². The van der Waals surface area contributed by atoms with E-state index in [0.717, 1.165) is 21.0 Å². The molecule has 160 valence electrons. The lowest BCUT2D eigenvalue weighted by atomic mass is 10.0. The minimum absolute atomic E-state index is 0.330. The summed E-state index contributed by atoms with van der Waals surface area (Å²) in [4.78, 5) is 18.6. The first-order valence-corrected chi connectivity index (χ1v) is 11.4. The highest BCUT2D eigenvalue weighted by molar-refractivity contribution is 7.16. The third kappa shape index (κ3) is 4.51. The molecule has 0 spiro atoms. The van der Waals surface area contributed by atoms with Gasteiger partial charge in [-0.05, 0) is 48.9 Å². The molecule has 0 atom stereocenters. The Labute approximate surface area is 189 Å². The number of aromatic nitrogens is 1. The van der Waals surface area contributed by atoms with Crippen molar-refractivity contribution in [2.24, 2.45) is 4.99 Å². The van der Waals surface area contributed by atoms with Crippen LogP contribution in [0.3, 0.4) is 0 Å². The number of hydrogen-bond acceptors (Lipinski definition) is 4. The van der Waals surface area contributed by atoms with Crippen LogP contribution in [0, 0.1) is 0 Å². The molecule has 7 heteroatoms. The van der Waals surface area contributed by atoms with Crippen molar-refractivity contribution in [3.63, 3.8) is 0 Å². The number of carbonyl (C=O) groups excluding carboxylic acids is 1. The van der Waals surface area contributed by atoms with E-state index >= 15 is 0 Å². The molecule has 4 aromatic rings. The molecule has 0 aliphatic rings. The number of benzene rings is 3. The number of nitrogens with zero attached hydrogens (tertiary/aromatic N) is 2. The van der Waals surface area contributed by atoms with Crippen molar-refractivity contribution in [1.29, 1.82) is 0 Å². The molecule has 31 heavy (non-hydrogen) atoms. The molecule has 0 fully saturated rings. The van der Waals surface area contributed by atoms with Gasteiger partial charge >= 0.3 is 0 Å². The molecule has 1 heterocycles. The maximum absolute atomic E-state index is 13.4. The van der Waals surface area contributed by atoms with E-state index in [4.69, 9.17) is 21.1 Å². The van der Waals surface area contributed by atoms with Crippen molar-refractivity contribution in [2.45, 2.75) is 20.4 Å². The van der Waals surface area contributed by atoms with Gasteiger partial charge in [0.1, 0.15) is 5.75 Å². The average Bonchev–Trinajstić information content (AvgIpc) is 3.09. The fraction of sp³-hybridized carbons (Fsp3) is 0.250. The zero-order valence-corrected chi connectivity index (χ0v) is 19.0. The van der Waals surface area contributed by atoms with E-state index in [1.54, 1.807) is 0 Å². The number of thiazole rings is 1. The van der Waals surface area contributed by atoms with E-state index in [1.807, 2.05) is 73.0 Å². The van der Waals surface area contributed by atoms with Gasteiger partial charge in [-0.25, -0.2) is 0 Å². The van der Waals surface area contributed by atoms with Crippen molar-refractivity contribution in [1.82, 2.24) is 4.57 Å². The van der Waals surface area contributed by atoms with Crippen LogP contribution in [0.4, 0.5) is 0 Å². The normalized spacial score (nSPS) is 12.0. The van der Waals surface area contributed by atoms with Gasteiger partial charge in [0.25, 0.3) is 5.91 Å². The van der Waals surface area contributed by atoms with E-state index in [1.165, 1.54) is 11.3 Å². The van der Waals surface area contributed by atoms with Gasteiger partial charge in [-0.1, -0.05) is 53.3 Å². The molecule has 0 N–H and O–H groups in total. The zero-order chi connectivity index (χ0) is 21.8. The van der Waals surface area contributed by atoms with Crippen LogP contribution in [0.25, 0.3) is 21.0 Å². The number of fused-ring (bicyclic) bond motifs is 2. The van der Waals surface area contributed by atoms with Crippen LogP contribution in [0.15, 0.2) is 59.6 Å². The summed E-state index contributed by atoms with van der Waals surface area (Å²) in [6.07, 6.45) is 0. The van der Waals surface area contributed by atoms with Crippen molar-refractivity contribution in [3.8, 4) is 5.75 Å². The third-order valence-corrected chi connectivity index (χ3v) is 6.19. The van der Waals surface area contributed by atoms with Gasteiger partial charge in [0, 0.05) is 18.2 Å². The smallest absolute Gasteiger partial charge is 0.284 e. The molecule has 0 unspecified atom stereocenters. The molecule has 0 radical (unpaired) electrons. The maximum Gasteiger partial charge on any atom is 0.284 e.